The minimum atomic E-state index is -3.24. The van der Waals surface area contributed by atoms with E-state index in [-0.39, 0.29) is 6.04 Å². The highest BCUT2D eigenvalue weighted by Crippen LogP contribution is 2.28. The van der Waals surface area contributed by atoms with Gasteiger partial charge in [0.15, 0.2) is 5.65 Å². The molecule has 1 saturated heterocycles. The van der Waals surface area contributed by atoms with Crippen LogP contribution in [0.5, 0.6) is 0 Å². The van der Waals surface area contributed by atoms with Gasteiger partial charge in [-0.3, -0.25) is 0 Å². The molecule has 1 atom stereocenters. The molecular formula is C18H25N9O2S. The van der Waals surface area contributed by atoms with Crippen molar-refractivity contribution in [2.24, 2.45) is 5.73 Å². The van der Waals surface area contributed by atoms with Crippen molar-refractivity contribution < 1.29 is 8.42 Å². The second-order valence-electron chi connectivity index (χ2n) is 7.24. The number of piperidine rings is 1. The molecule has 30 heavy (non-hydrogen) atoms. The molecule has 0 saturated carbocycles. The van der Waals surface area contributed by atoms with Crippen molar-refractivity contribution in [2.75, 3.05) is 43.1 Å². The van der Waals surface area contributed by atoms with Crippen LogP contribution in [-0.4, -0.2) is 76.1 Å². The van der Waals surface area contributed by atoms with Gasteiger partial charge in [0.25, 0.3) is 0 Å². The maximum atomic E-state index is 12.0. The van der Waals surface area contributed by atoms with Gasteiger partial charge in [-0.25, -0.2) is 27.7 Å². The topological polar surface area (TPSA) is 155 Å². The van der Waals surface area contributed by atoms with Gasteiger partial charge in [-0.2, -0.15) is 4.98 Å². The van der Waals surface area contributed by atoms with Gasteiger partial charge in [0, 0.05) is 44.6 Å². The number of nitrogens with zero attached hydrogens (tertiary/aromatic N) is 5. The van der Waals surface area contributed by atoms with Crippen LogP contribution < -0.4 is 16.4 Å². The number of H-pyrrole nitrogens is 1. The standard InChI is InChI=1S/C18H25N9O2S/c1-30(28,29)27-8-2-3-12(11-27)24-16-13(9-23-18(26-16)21-7-5-19)15-10-22-17-14(25-15)4-6-20-17/h4,6,9-10,12H,2-3,5,7-8,11,19H2,1H3,(H,20,22)(H2,21,23,24,26). The van der Waals surface area contributed by atoms with Crippen LogP contribution in [0.2, 0.25) is 0 Å². The molecule has 0 spiro atoms. The van der Waals surface area contributed by atoms with Crippen molar-refractivity contribution in [1.29, 1.82) is 0 Å². The third kappa shape index (κ3) is 4.50. The van der Waals surface area contributed by atoms with Crippen LogP contribution in [0.4, 0.5) is 11.8 Å². The van der Waals surface area contributed by atoms with Gasteiger partial charge in [0.1, 0.15) is 11.3 Å². The summed E-state index contributed by atoms with van der Waals surface area (Å²) in [5.41, 5.74) is 8.33. The second kappa shape index (κ2) is 8.50. The van der Waals surface area contributed by atoms with Crippen LogP contribution in [-0.2, 0) is 10.0 Å². The summed E-state index contributed by atoms with van der Waals surface area (Å²) in [5, 5.41) is 6.48. The fraction of sp³-hybridized carbons (Fsp3) is 0.444. The van der Waals surface area contributed by atoms with Gasteiger partial charge in [-0.05, 0) is 18.9 Å². The van der Waals surface area contributed by atoms with E-state index in [4.69, 9.17) is 5.73 Å². The quantitative estimate of drug-likeness (QED) is 0.421. The molecule has 0 radical (unpaired) electrons. The monoisotopic (exact) mass is 431 g/mol. The first-order chi connectivity index (χ1) is 14.4. The van der Waals surface area contributed by atoms with E-state index in [2.05, 4.69) is 35.6 Å². The zero-order chi connectivity index (χ0) is 21.1. The van der Waals surface area contributed by atoms with Crippen molar-refractivity contribution in [2.45, 2.75) is 18.9 Å². The molecule has 0 aliphatic carbocycles. The Morgan fingerprint density at radius 2 is 2.17 bits per heavy atom. The van der Waals surface area contributed by atoms with Gasteiger partial charge in [0.2, 0.25) is 16.0 Å². The second-order valence-corrected chi connectivity index (χ2v) is 9.23. The number of hydrogen-bond donors (Lipinski definition) is 4. The molecule has 1 aliphatic heterocycles. The Kier molecular flexibility index (Phi) is 5.79. The number of aromatic nitrogens is 5. The fourth-order valence-corrected chi connectivity index (χ4v) is 4.37. The molecule has 5 N–H and O–H groups in total. The molecule has 1 unspecified atom stereocenters. The molecule has 0 bridgehead atoms. The largest absolute Gasteiger partial charge is 0.365 e. The summed E-state index contributed by atoms with van der Waals surface area (Å²) in [7, 11) is -3.24. The number of nitrogens with two attached hydrogens (primary N) is 1. The van der Waals surface area contributed by atoms with Crippen molar-refractivity contribution >= 4 is 33.0 Å². The van der Waals surface area contributed by atoms with Gasteiger partial charge >= 0.3 is 0 Å². The minimum absolute atomic E-state index is 0.0755. The molecule has 1 aliphatic rings. The first-order valence-electron chi connectivity index (χ1n) is 9.77. The summed E-state index contributed by atoms with van der Waals surface area (Å²) >= 11 is 0. The van der Waals surface area contributed by atoms with E-state index in [1.54, 1.807) is 18.6 Å². The number of hydrogen-bond acceptors (Lipinski definition) is 9. The number of anilines is 2. The first kappa shape index (κ1) is 20.4. The van der Waals surface area contributed by atoms with Crippen molar-refractivity contribution in [3.05, 3.63) is 24.7 Å². The number of fused-ring (bicyclic) bond motifs is 1. The average Bonchev–Trinajstić information content (AvgIpc) is 3.20. The van der Waals surface area contributed by atoms with E-state index in [1.807, 2.05) is 6.07 Å². The number of nitrogens with one attached hydrogen (secondary N) is 3. The summed E-state index contributed by atoms with van der Waals surface area (Å²) in [4.78, 5) is 21.0. The van der Waals surface area contributed by atoms with Crippen LogP contribution in [0.3, 0.4) is 0 Å². The normalized spacial score (nSPS) is 17.9. The lowest BCUT2D eigenvalue weighted by atomic mass is 10.1. The average molecular weight is 432 g/mol. The van der Waals surface area contributed by atoms with E-state index >= 15 is 0 Å². The Labute approximate surface area is 174 Å². The van der Waals surface area contributed by atoms with Crippen molar-refractivity contribution in [3.8, 4) is 11.3 Å². The third-order valence-corrected chi connectivity index (χ3v) is 6.22. The summed E-state index contributed by atoms with van der Waals surface area (Å²) in [5.74, 6) is 1.02. The Morgan fingerprint density at radius 1 is 1.30 bits per heavy atom. The van der Waals surface area contributed by atoms with Gasteiger partial charge in [-0.1, -0.05) is 0 Å². The van der Waals surface area contributed by atoms with E-state index in [0.717, 1.165) is 18.4 Å². The molecule has 3 aromatic heterocycles. The molecule has 0 amide bonds. The molecule has 4 heterocycles. The maximum absolute atomic E-state index is 12.0. The third-order valence-electron chi connectivity index (χ3n) is 4.95. The fourth-order valence-electron chi connectivity index (χ4n) is 3.46. The molecule has 1 fully saturated rings. The van der Waals surface area contributed by atoms with Crippen LogP contribution in [0.1, 0.15) is 12.8 Å². The summed E-state index contributed by atoms with van der Waals surface area (Å²) in [6.07, 6.45) is 7.99. The van der Waals surface area contributed by atoms with Crippen LogP contribution >= 0.6 is 0 Å². The maximum Gasteiger partial charge on any atom is 0.224 e. The van der Waals surface area contributed by atoms with Gasteiger partial charge in [0.05, 0.1) is 23.7 Å². The summed E-state index contributed by atoms with van der Waals surface area (Å²) in [6, 6.07) is 1.77. The minimum Gasteiger partial charge on any atom is -0.365 e. The van der Waals surface area contributed by atoms with E-state index in [0.29, 0.717) is 54.8 Å². The lowest BCUT2D eigenvalue weighted by Crippen LogP contribution is -2.44. The zero-order valence-electron chi connectivity index (χ0n) is 16.7. The molecule has 12 heteroatoms. The van der Waals surface area contributed by atoms with E-state index < -0.39 is 10.0 Å². The summed E-state index contributed by atoms with van der Waals surface area (Å²) in [6.45, 7) is 1.91. The highest BCUT2D eigenvalue weighted by molar-refractivity contribution is 7.88. The predicted molar refractivity (Wildman–Crippen MR) is 116 cm³/mol. The highest BCUT2D eigenvalue weighted by atomic mass is 32.2. The Bertz CT molecular complexity index is 1130. The first-order valence-corrected chi connectivity index (χ1v) is 11.6. The van der Waals surface area contributed by atoms with Crippen LogP contribution in [0, 0.1) is 0 Å². The van der Waals surface area contributed by atoms with Crippen molar-refractivity contribution in [1.82, 2.24) is 29.2 Å². The zero-order valence-corrected chi connectivity index (χ0v) is 17.5. The van der Waals surface area contributed by atoms with Crippen molar-refractivity contribution in [3.63, 3.8) is 0 Å². The predicted octanol–water partition coefficient (Wildman–Crippen LogP) is 0.621. The molecule has 0 aromatic carbocycles. The lowest BCUT2D eigenvalue weighted by molar-refractivity contribution is 0.329. The number of sulfonamides is 1. The van der Waals surface area contributed by atoms with Gasteiger partial charge < -0.3 is 21.4 Å². The number of rotatable bonds is 7. The number of aromatic amines is 1. The molecular weight excluding hydrogens is 406 g/mol. The SMILES string of the molecule is CS(=O)(=O)N1CCCC(Nc2nc(NCCN)ncc2-c2cnc3[nH]ccc3n2)C1. The Balaban J connectivity index is 1.66. The molecule has 3 aromatic rings. The van der Waals surface area contributed by atoms with Crippen LogP contribution in [0.25, 0.3) is 22.4 Å². The molecule has 160 valence electrons. The lowest BCUT2D eigenvalue weighted by Gasteiger charge is -2.32. The molecule has 11 nitrogen and oxygen atoms in total. The summed E-state index contributed by atoms with van der Waals surface area (Å²) < 4.78 is 25.4. The Hall–Kier alpha value is -2.83. The Morgan fingerprint density at radius 3 is 2.97 bits per heavy atom. The van der Waals surface area contributed by atoms with E-state index in [1.165, 1.54) is 10.6 Å². The highest BCUT2D eigenvalue weighted by Gasteiger charge is 2.27. The smallest absolute Gasteiger partial charge is 0.224 e. The van der Waals surface area contributed by atoms with E-state index in [9.17, 15) is 8.42 Å². The van der Waals surface area contributed by atoms with Gasteiger partial charge in [-0.15, -0.1) is 0 Å². The van der Waals surface area contributed by atoms with Crippen LogP contribution in [0.15, 0.2) is 24.7 Å². The molecule has 4 rings (SSSR count).